The summed E-state index contributed by atoms with van der Waals surface area (Å²) in [6.07, 6.45) is 17.5. The number of carbonyl (C=O) groups is 4. The summed E-state index contributed by atoms with van der Waals surface area (Å²) in [6, 6.07) is 7.56. The van der Waals surface area contributed by atoms with Crippen molar-refractivity contribution >= 4 is 35.0 Å². The van der Waals surface area contributed by atoms with Crippen molar-refractivity contribution in [2.45, 2.75) is 142 Å². The molecule has 2 saturated heterocycles. The van der Waals surface area contributed by atoms with Crippen LogP contribution >= 0.6 is 0 Å². The Bertz CT molecular complexity index is 1110. The predicted octanol–water partition coefficient (Wildman–Crippen LogP) is 4.85. The molecule has 0 radical (unpaired) electrons. The van der Waals surface area contributed by atoms with Gasteiger partial charge in [-0.25, -0.2) is 0 Å². The number of rotatable bonds is 28. The summed E-state index contributed by atoms with van der Waals surface area (Å²) in [6.45, 7) is 8.33. The van der Waals surface area contributed by atoms with Crippen molar-refractivity contribution in [2.75, 3.05) is 62.4 Å². The number of nitrogens with one attached hydrogen (secondary N) is 2. The second kappa shape index (κ2) is 25.0. The monoisotopic (exact) mass is 727 g/mol. The highest BCUT2D eigenvalue weighted by Gasteiger charge is 2.33. The third-order valence-corrected chi connectivity index (χ3v) is 10.2. The van der Waals surface area contributed by atoms with E-state index in [1.807, 2.05) is 24.3 Å². The van der Waals surface area contributed by atoms with Crippen LogP contribution in [-0.4, -0.2) is 98.1 Å². The second-order valence-electron chi connectivity index (χ2n) is 14.9. The van der Waals surface area contributed by atoms with Gasteiger partial charge < -0.3 is 22.1 Å². The number of nitrogens with two attached hydrogens (primary N) is 2. The molecule has 12 heteroatoms. The largest absolute Gasteiger partial charge is 0.352 e. The number of hydrogen-bond acceptors (Lipinski definition) is 8. The summed E-state index contributed by atoms with van der Waals surface area (Å²) in [4.78, 5) is 59.6. The summed E-state index contributed by atoms with van der Waals surface area (Å²) in [7, 11) is 0. The lowest BCUT2D eigenvalue weighted by molar-refractivity contribution is -0.123. The number of carbonyl (C=O) groups excluding carboxylic acids is 4. The molecule has 52 heavy (non-hydrogen) atoms. The first-order valence-corrected chi connectivity index (χ1v) is 20.4. The van der Waals surface area contributed by atoms with Crippen LogP contribution in [0.25, 0.3) is 0 Å². The van der Waals surface area contributed by atoms with Gasteiger partial charge in [0.2, 0.25) is 23.6 Å². The maximum Gasteiger partial charge on any atom is 0.242 e. The van der Waals surface area contributed by atoms with Crippen molar-refractivity contribution in [1.29, 1.82) is 0 Å². The molecule has 1 aromatic carbocycles. The fourth-order valence-corrected chi connectivity index (χ4v) is 7.21. The average molecular weight is 727 g/mol. The number of nitrogens with zero attached hydrogens (tertiary/aromatic N) is 4. The lowest BCUT2D eigenvalue weighted by Crippen LogP contribution is -2.43. The first-order valence-electron chi connectivity index (χ1n) is 20.4. The molecule has 6 N–H and O–H groups in total. The Kier molecular flexibility index (Phi) is 20.9. The molecule has 12 nitrogen and oxygen atoms in total. The lowest BCUT2D eigenvalue weighted by Gasteiger charge is -2.25. The minimum atomic E-state index is -0.0296. The van der Waals surface area contributed by atoms with Crippen LogP contribution in [0.3, 0.4) is 0 Å². The molecule has 2 fully saturated rings. The average Bonchev–Trinajstić information content (AvgIpc) is 3.68. The summed E-state index contributed by atoms with van der Waals surface area (Å²) in [5.74, 6) is 0.204. The zero-order chi connectivity index (χ0) is 37.6. The van der Waals surface area contributed by atoms with Gasteiger partial charge in [-0.1, -0.05) is 78.1 Å². The molecule has 2 aliphatic rings. The van der Waals surface area contributed by atoms with E-state index in [1.165, 1.54) is 38.5 Å². The van der Waals surface area contributed by atoms with E-state index < -0.39 is 0 Å². The van der Waals surface area contributed by atoms with E-state index in [9.17, 15) is 19.2 Å². The lowest BCUT2D eigenvalue weighted by atomic mass is 10.1. The molecule has 0 aromatic heterocycles. The number of amides is 4. The van der Waals surface area contributed by atoms with Gasteiger partial charge in [0.25, 0.3) is 0 Å². The van der Waals surface area contributed by atoms with E-state index in [4.69, 9.17) is 11.5 Å². The molecule has 0 saturated carbocycles. The normalized spacial score (nSPS) is 16.5. The number of anilines is 2. The van der Waals surface area contributed by atoms with Crippen LogP contribution < -0.4 is 31.9 Å². The summed E-state index contributed by atoms with van der Waals surface area (Å²) < 4.78 is 0. The third kappa shape index (κ3) is 15.9. The second-order valence-corrected chi connectivity index (χ2v) is 14.9. The van der Waals surface area contributed by atoms with Gasteiger partial charge in [-0.15, -0.1) is 0 Å². The fraction of sp³-hybridized carbons (Fsp3) is 0.750. The Balaban J connectivity index is 1.53. The predicted molar refractivity (Wildman–Crippen MR) is 211 cm³/mol. The number of unbranched alkanes of at least 4 members (excludes halogenated alkanes) is 10. The molecule has 3 rings (SSSR count). The minimum Gasteiger partial charge on any atom is -0.352 e. The fourth-order valence-electron chi connectivity index (χ4n) is 7.21. The number of hydrogen-bond donors (Lipinski definition) is 4. The van der Waals surface area contributed by atoms with E-state index in [0.717, 1.165) is 75.6 Å². The molecule has 2 aliphatic heterocycles. The molecule has 0 aliphatic carbocycles. The zero-order valence-electron chi connectivity index (χ0n) is 32.4. The van der Waals surface area contributed by atoms with Crippen LogP contribution in [0.4, 0.5) is 11.4 Å². The molecule has 0 spiro atoms. The van der Waals surface area contributed by atoms with Crippen LogP contribution in [0, 0.1) is 0 Å². The van der Waals surface area contributed by atoms with E-state index in [2.05, 4.69) is 34.3 Å². The summed E-state index contributed by atoms with van der Waals surface area (Å²) in [5, 5.41) is 6.48. The molecule has 2 atom stereocenters. The first kappa shape index (κ1) is 43.3. The Morgan fingerprint density at radius 2 is 0.981 bits per heavy atom. The van der Waals surface area contributed by atoms with Gasteiger partial charge >= 0.3 is 0 Å². The van der Waals surface area contributed by atoms with Crippen LogP contribution in [-0.2, 0) is 19.2 Å². The highest BCUT2D eigenvalue weighted by molar-refractivity contribution is 5.98. The van der Waals surface area contributed by atoms with E-state index in [0.29, 0.717) is 65.4 Å². The Hall–Kier alpha value is -3.06. The third-order valence-electron chi connectivity index (χ3n) is 10.2. The first-order chi connectivity index (χ1) is 25.3. The minimum absolute atomic E-state index is 0.0165. The van der Waals surface area contributed by atoms with Gasteiger partial charge in [0, 0.05) is 49.4 Å². The molecule has 0 unspecified atom stereocenters. The Labute approximate surface area is 313 Å². The molecule has 2 heterocycles. The SMILES string of the molecule is CCCCCCCC(=O)N[C@@H](CCCCN)CN1CC(=O)N(c2ccc(N3CN(C[C@H](CCCCN)NC(=O)CCCCCCC)CC3=O)cc2)C1. The molecule has 294 valence electrons. The van der Waals surface area contributed by atoms with Crippen molar-refractivity contribution < 1.29 is 19.2 Å². The van der Waals surface area contributed by atoms with Crippen molar-refractivity contribution in [1.82, 2.24) is 20.4 Å². The van der Waals surface area contributed by atoms with Crippen LogP contribution in [0.1, 0.15) is 129 Å². The van der Waals surface area contributed by atoms with Crippen molar-refractivity contribution in [3.8, 4) is 0 Å². The van der Waals surface area contributed by atoms with Crippen LogP contribution in [0.5, 0.6) is 0 Å². The van der Waals surface area contributed by atoms with Crippen LogP contribution in [0.15, 0.2) is 24.3 Å². The Morgan fingerprint density at radius 3 is 1.35 bits per heavy atom. The number of benzene rings is 1. The highest BCUT2D eigenvalue weighted by Crippen LogP contribution is 2.26. The van der Waals surface area contributed by atoms with Gasteiger partial charge in [0.1, 0.15) is 0 Å². The smallest absolute Gasteiger partial charge is 0.242 e. The maximum absolute atomic E-state index is 13.2. The molecule has 1 aromatic rings. The van der Waals surface area contributed by atoms with Crippen LogP contribution in [0.2, 0.25) is 0 Å². The quantitative estimate of drug-likeness (QED) is 0.0894. The van der Waals surface area contributed by atoms with E-state index >= 15 is 0 Å². The molecular weight excluding hydrogens is 656 g/mol. The van der Waals surface area contributed by atoms with Gasteiger partial charge in [0.15, 0.2) is 0 Å². The van der Waals surface area contributed by atoms with Crippen molar-refractivity contribution in [3.63, 3.8) is 0 Å². The highest BCUT2D eigenvalue weighted by atomic mass is 16.2. The summed E-state index contributed by atoms with van der Waals surface area (Å²) >= 11 is 0. The van der Waals surface area contributed by atoms with Gasteiger partial charge in [-0.2, -0.15) is 0 Å². The van der Waals surface area contributed by atoms with Crippen molar-refractivity contribution in [2.24, 2.45) is 11.5 Å². The molecular formula is C40H70N8O4. The van der Waals surface area contributed by atoms with E-state index in [1.54, 1.807) is 9.80 Å². The van der Waals surface area contributed by atoms with Gasteiger partial charge in [-0.3, -0.25) is 38.8 Å². The Morgan fingerprint density at radius 1 is 0.596 bits per heavy atom. The molecule has 4 amide bonds. The van der Waals surface area contributed by atoms with Gasteiger partial charge in [0.05, 0.1) is 26.4 Å². The topological polar surface area (TPSA) is 157 Å². The zero-order valence-corrected chi connectivity index (χ0v) is 32.4. The van der Waals surface area contributed by atoms with E-state index in [-0.39, 0.29) is 35.7 Å². The standard InChI is InChI=1S/C40H70N8O4/c1-3-5-7-9-11-19-37(49)43-33(17-13-15-25-41)27-45-29-39(51)47(31-45)35-21-23-36(24-22-35)48-32-46(30-40(48)52)28-34(18-14-16-26-42)44-38(50)20-12-10-8-6-4-2/h21-24,33-34H,3-20,25-32,41-42H2,1-2H3,(H,43,49)(H,44,50)/t33-,34-/m0/s1. The van der Waals surface area contributed by atoms with Crippen molar-refractivity contribution in [3.05, 3.63) is 24.3 Å². The molecule has 0 bridgehead atoms. The van der Waals surface area contributed by atoms with Gasteiger partial charge in [-0.05, 0) is 75.9 Å². The maximum atomic E-state index is 13.2. The summed E-state index contributed by atoms with van der Waals surface area (Å²) in [5.41, 5.74) is 13.0.